The van der Waals surface area contributed by atoms with Crippen molar-refractivity contribution < 1.29 is 13.2 Å². The van der Waals surface area contributed by atoms with Crippen molar-refractivity contribution in [1.29, 1.82) is 0 Å². The number of pyridine rings is 1. The summed E-state index contributed by atoms with van der Waals surface area (Å²) in [5.41, 5.74) is 4.45. The number of halogens is 3. The van der Waals surface area contributed by atoms with Crippen molar-refractivity contribution in [2.24, 2.45) is 0 Å². The lowest BCUT2D eigenvalue weighted by molar-refractivity contribution is -0.144. The topological polar surface area (TPSA) is 58.9 Å². The van der Waals surface area contributed by atoms with E-state index in [1.54, 1.807) is 12.3 Å². The molecule has 3 aromatic heterocycles. The summed E-state index contributed by atoms with van der Waals surface area (Å²) >= 11 is 0. The van der Waals surface area contributed by atoms with Crippen LogP contribution in [-0.2, 0) is 6.18 Å². The molecule has 26 heavy (non-hydrogen) atoms. The third-order valence-electron chi connectivity index (χ3n) is 4.45. The number of aryl methyl sites for hydroxylation is 1. The average molecular weight is 359 g/mol. The zero-order chi connectivity index (χ0) is 18.6. The monoisotopic (exact) mass is 359 g/mol. The van der Waals surface area contributed by atoms with Crippen molar-refractivity contribution in [1.82, 2.24) is 24.8 Å². The normalized spacial score (nSPS) is 12.6. The van der Waals surface area contributed by atoms with E-state index in [9.17, 15) is 13.2 Å². The number of aromatic nitrogens is 5. The van der Waals surface area contributed by atoms with Crippen LogP contribution in [0, 0.1) is 6.92 Å². The van der Waals surface area contributed by atoms with Gasteiger partial charge in [0.15, 0.2) is 5.65 Å². The Hall–Kier alpha value is -2.90. The Balaban J connectivity index is 2.07. The molecule has 0 saturated heterocycles. The maximum atomic E-state index is 13.1. The van der Waals surface area contributed by atoms with Gasteiger partial charge in [0.1, 0.15) is 0 Å². The van der Waals surface area contributed by atoms with E-state index in [1.165, 1.54) is 10.7 Å². The molecule has 8 heteroatoms. The molecule has 0 aliphatic heterocycles. The Kier molecular flexibility index (Phi) is 3.54. The highest BCUT2D eigenvalue weighted by Gasteiger charge is 2.36. The average Bonchev–Trinajstić information content (AvgIpc) is 3.19. The minimum atomic E-state index is -4.59. The van der Waals surface area contributed by atoms with E-state index in [4.69, 9.17) is 0 Å². The van der Waals surface area contributed by atoms with Crippen LogP contribution in [0.3, 0.4) is 0 Å². The van der Waals surface area contributed by atoms with Gasteiger partial charge in [-0.15, -0.1) is 5.10 Å². The number of H-pyrrole nitrogens is 1. The Labute approximate surface area is 146 Å². The van der Waals surface area contributed by atoms with Gasteiger partial charge >= 0.3 is 6.18 Å². The molecular formula is C18H16F3N5. The summed E-state index contributed by atoms with van der Waals surface area (Å²) in [5, 5.41) is 11.5. The van der Waals surface area contributed by atoms with Crippen molar-refractivity contribution in [3.63, 3.8) is 0 Å². The van der Waals surface area contributed by atoms with Gasteiger partial charge in [0, 0.05) is 17.1 Å². The summed E-state index contributed by atoms with van der Waals surface area (Å²) in [5.74, 6) is -1.03. The van der Waals surface area contributed by atoms with Crippen LogP contribution in [0.15, 0.2) is 30.6 Å². The van der Waals surface area contributed by atoms with Gasteiger partial charge in [-0.3, -0.25) is 5.10 Å². The molecule has 0 bridgehead atoms. The van der Waals surface area contributed by atoms with Gasteiger partial charge in [-0.2, -0.15) is 18.3 Å². The Morgan fingerprint density at radius 3 is 2.65 bits per heavy atom. The van der Waals surface area contributed by atoms with E-state index >= 15 is 0 Å². The number of nitrogens with zero attached hydrogens (tertiary/aromatic N) is 4. The molecule has 0 atom stereocenters. The number of fused-ring (bicyclic) bond motifs is 2. The van der Waals surface area contributed by atoms with E-state index in [-0.39, 0.29) is 11.6 Å². The number of alkyl halides is 3. The molecule has 0 saturated carbocycles. The largest absolute Gasteiger partial charge is 0.453 e. The second-order valence-electron chi connectivity index (χ2n) is 6.63. The molecule has 134 valence electrons. The molecule has 4 rings (SSSR count). The van der Waals surface area contributed by atoms with Crippen molar-refractivity contribution in [2.45, 2.75) is 32.9 Å². The summed E-state index contributed by atoms with van der Waals surface area (Å²) < 4.78 is 40.5. The predicted molar refractivity (Wildman–Crippen MR) is 91.9 cm³/mol. The Morgan fingerprint density at radius 1 is 1.19 bits per heavy atom. The summed E-state index contributed by atoms with van der Waals surface area (Å²) in [6.07, 6.45) is -1.36. The van der Waals surface area contributed by atoms with Crippen molar-refractivity contribution in [3.05, 3.63) is 47.5 Å². The maximum absolute atomic E-state index is 13.1. The molecule has 0 fully saturated rings. The first-order valence-corrected chi connectivity index (χ1v) is 8.16. The third-order valence-corrected chi connectivity index (χ3v) is 4.45. The van der Waals surface area contributed by atoms with Crippen LogP contribution >= 0.6 is 0 Å². The number of rotatable bonds is 2. The minimum absolute atomic E-state index is 0.112. The number of hydrogen-bond acceptors (Lipinski definition) is 3. The fourth-order valence-corrected chi connectivity index (χ4v) is 3.24. The number of aromatic amines is 1. The first-order valence-electron chi connectivity index (χ1n) is 8.16. The highest BCUT2D eigenvalue weighted by atomic mass is 19.4. The first-order chi connectivity index (χ1) is 12.3. The van der Waals surface area contributed by atoms with Gasteiger partial charge in [0.2, 0.25) is 0 Å². The molecule has 0 spiro atoms. The van der Waals surface area contributed by atoms with Gasteiger partial charge in [-0.25, -0.2) is 9.50 Å². The summed E-state index contributed by atoms with van der Waals surface area (Å²) in [6.45, 7) is 5.93. The molecule has 1 aromatic carbocycles. The second-order valence-corrected chi connectivity index (χ2v) is 6.63. The van der Waals surface area contributed by atoms with Gasteiger partial charge in [0.05, 0.1) is 11.7 Å². The van der Waals surface area contributed by atoms with Gasteiger partial charge in [-0.05, 0) is 47.7 Å². The van der Waals surface area contributed by atoms with Crippen LogP contribution in [0.25, 0.3) is 27.7 Å². The van der Waals surface area contributed by atoms with E-state index in [0.717, 1.165) is 27.6 Å². The lowest BCUT2D eigenvalue weighted by atomic mass is 9.92. The molecule has 0 aliphatic rings. The number of nitrogens with one attached hydrogen (secondary N) is 1. The maximum Gasteiger partial charge on any atom is 0.453 e. The standard InChI is InChI=1S/C18H16F3N5/c1-9(2)13-4-5-26-16(23-17(25-26)18(19,20)21)14(13)11-6-10(3)15-12(7-11)8-22-24-15/h4-9H,1-3H3,(H,22,24). The highest BCUT2D eigenvalue weighted by Crippen LogP contribution is 2.36. The van der Waals surface area contributed by atoms with E-state index < -0.39 is 12.0 Å². The lowest BCUT2D eigenvalue weighted by Crippen LogP contribution is -2.07. The van der Waals surface area contributed by atoms with Crippen LogP contribution in [0.1, 0.15) is 36.7 Å². The molecule has 0 radical (unpaired) electrons. The number of benzene rings is 1. The second kappa shape index (κ2) is 5.55. The van der Waals surface area contributed by atoms with Crippen LogP contribution in [-0.4, -0.2) is 24.8 Å². The third kappa shape index (κ3) is 2.53. The first kappa shape index (κ1) is 16.6. The lowest BCUT2D eigenvalue weighted by Gasteiger charge is -2.14. The molecule has 4 aromatic rings. The van der Waals surface area contributed by atoms with E-state index in [0.29, 0.717) is 5.56 Å². The van der Waals surface area contributed by atoms with Crippen LogP contribution in [0.4, 0.5) is 13.2 Å². The van der Waals surface area contributed by atoms with Crippen molar-refractivity contribution in [3.8, 4) is 11.1 Å². The van der Waals surface area contributed by atoms with Gasteiger partial charge < -0.3 is 0 Å². The zero-order valence-corrected chi connectivity index (χ0v) is 14.4. The van der Waals surface area contributed by atoms with Crippen molar-refractivity contribution in [2.75, 3.05) is 0 Å². The number of hydrogen-bond donors (Lipinski definition) is 1. The van der Waals surface area contributed by atoms with Crippen molar-refractivity contribution >= 4 is 16.6 Å². The quantitative estimate of drug-likeness (QED) is 0.563. The summed E-state index contributed by atoms with van der Waals surface area (Å²) in [4.78, 5) is 3.80. The SMILES string of the molecule is Cc1cc(-c2c(C(C)C)ccn3nc(C(F)(F)F)nc23)cc2cn[nH]c12. The molecule has 3 heterocycles. The molecule has 0 unspecified atom stereocenters. The molecular weight excluding hydrogens is 343 g/mol. The minimum Gasteiger partial charge on any atom is -0.278 e. The van der Waals surface area contributed by atoms with Gasteiger partial charge in [-0.1, -0.05) is 13.8 Å². The Bertz CT molecular complexity index is 1120. The van der Waals surface area contributed by atoms with Crippen LogP contribution < -0.4 is 0 Å². The zero-order valence-electron chi connectivity index (χ0n) is 14.4. The smallest absolute Gasteiger partial charge is 0.278 e. The van der Waals surface area contributed by atoms with Crippen LogP contribution in [0.2, 0.25) is 0 Å². The van der Waals surface area contributed by atoms with E-state index in [2.05, 4.69) is 20.3 Å². The van der Waals surface area contributed by atoms with Gasteiger partial charge in [0.25, 0.3) is 5.82 Å². The molecule has 0 amide bonds. The summed E-state index contributed by atoms with van der Waals surface area (Å²) in [7, 11) is 0. The highest BCUT2D eigenvalue weighted by molar-refractivity contribution is 5.91. The predicted octanol–water partition coefficient (Wildman–Crippen LogP) is 4.72. The molecule has 0 aliphatic carbocycles. The fourth-order valence-electron chi connectivity index (χ4n) is 3.24. The van der Waals surface area contributed by atoms with E-state index in [1.807, 2.05) is 32.9 Å². The molecule has 5 nitrogen and oxygen atoms in total. The fraction of sp³-hybridized carbons (Fsp3) is 0.278. The van der Waals surface area contributed by atoms with Crippen LogP contribution in [0.5, 0.6) is 0 Å². The Morgan fingerprint density at radius 2 is 1.96 bits per heavy atom. The molecule has 1 N–H and O–H groups in total. The summed E-state index contributed by atoms with van der Waals surface area (Å²) in [6, 6.07) is 5.65.